The highest BCUT2D eigenvalue weighted by molar-refractivity contribution is 6.35. The molecule has 1 N–H and O–H groups in total. The van der Waals surface area contributed by atoms with Crippen molar-refractivity contribution >= 4 is 74.0 Å². The van der Waals surface area contributed by atoms with E-state index in [0.717, 1.165) is 35.6 Å². The Balaban J connectivity index is 0.000000151. The number of carbonyl (C=O) groups excluding carboxylic acids is 1. The molecule has 2 aliphatic heterocycles. The molecule has 0 saturated carbocycles. The maximum Gasteiger partial charge on any atom is 0.410 e. The normalized spacial score (nSPS) is 16.5. The second-order valence-corrected chi connectivity index (χ2v) is 16.2. The van der Waals surface area contributed by atoms with Gasteiger partial charge in [-0.05, 0) is 33.8 Å². The Morgan fingerprint density at radius 1 is 0.778 bits per heavy atom. The zero-order chi connectivity index (χ0) is 44.5. The molecule has 9 rings (SSSR count). The number of fused-ring (bicyclic) bond motifs is 3. The lowest BCUT2D eigenvalue weighted by molar-refractivity contribution is -0.0560. The van der Waals surface area contributed by atoms with Gasteiger partial charge in [0.15, 0.2) is 16.2 Å². The topological polar surface area (TPSA) is 212 Å². The lowest BCUT2D eigenvalue weighted by Crippen LogP contribution is -2.49. The summed E-state index contributed by atoms with van der Waals surface area (Å²) >= 11 is 17.4. The minimum Gasteiger partial charge on any atom is -0.473 e. The molecule has 22 heteroatoms. The highest BCUT2D eigenvalue weighted by Crippen LogP contribution is 2.29. The maximum atomic E-state index is 12.2. The first-order chi connectivity index (χ1) is 30.3. The fourth-order valence-electron chi connectivity index (χ4n) is 6.24. The number of pyridine rings is 3. The van der Waals surface area contributed by atoms with Crippen LogP contribution in [0.4, 0.5) is 4.79 Å². The van der Waals surface area contributed by atoms with E-state index in [1.54, 1.807) is 60.4 Å². The number of hydrogen-bond donors (Lipinski definition) is 1. The van der Waals surface area contributed by atoms with Gasteiger partial charge in [0, 0.05) is 87.3 Å². The van der Waals surface area contributed by atoms with Gasteiger partial charge in [0.2, 0.25) is 11.8 Å². The van der Waals surface area contributed by atoms with E-state index in [4.69, 9.17) is 58.5 Å². The molecule has 2 fully saturated rings. The van der Waals surface area contributed by atoms with Gasteiger partial charge in [-0.1, -0.05) is 34.8 Å². The van der Waals surface area contributed by atoms with E-state index < -0.39 is 5.60 Å². The Morgan fingerprint density at radius 3 is 1.97 bits per heavy atom. The molecule has 2 aliphatic rings. The molecule has 1 amide bonds. The van der Waals surface area contributed by atoms with E-state index in [1.807, 2.05) is 45.5 Å². The van der Waals surface area contributed by atoms with Crippen molar-refractivity contribution in [3.63, 3.8) is 0 Å². The van der Waals surface area contributed by atoms with Crippen LogP contribution in [0, 0.1) is 6.92 Å². The Hall–Kier alpha value is -5.70. The van der Waals surface area contributed by atoms with E-state index in [9.17, 15) is 4.79 Å². The van der Waals surface area contributed by atoms with Crippen molar-refractivity contribution in [2.24, 2.45) is 7.05 Å². The predicted octanol–water partition coefficient (Wildman–Crippen LogP) is 6.13. The summed E-state index contributed by atoms with van der Waals surface area (Å²) in [6.45, 7) is 11.7. The maximum absolute atomic E-state index is 12.2. The van der Waals surface area contributed by atoms with Crippen LogP contribution in [-0.4, -0.2) is 136 Å². The third kappa shape index (κ3) is 12.1. The van der Waals surface area contributed by atoms with Gasteiger partial charge in [-0.25, -0.2) is 29.7 Å². The third-order valence-electron chi connectivity index (χ3n) is 9.32. The molecule has 2 saturated heterocycles. The second kappa shape index (κ2) is 20.7. The molecule has 9 heterocycles. The number of rotatable bonds is 7. The number of morpholine rings is 2. The third-order valence-corrected chi connectivity index (χ3v) is 9.97. The molecule has 0 spiro atoms. The first-order valence-electron chi connectivity index (χ1n) is 19.8. The van der Waals surface area contributed by atoms with E-state index in [2.05, 4.69) is 55.3 Å². The number of aromatic nitrogens is 11. The van der Waals surface area contributed by atoms with E-state index in [0.29, 0.717) is 77.4 Å². The summed E-state index contributed by atoms with van der Waals surface area (Å²) in [5, 5.41) is 8.47. The number of aryl methyl sites for hydroxylation is 1. The zero-order valence-electron chi connectivity index (χ0n) is 35.0. The number of ether oxygens (including phenoxy) is 5. The van der Waals surface area contributed by atoms with Crippen molar-refractivity contribution in [3.05, 3.63) is 82.7 Å². The van der Waals surface area contributed by atoms with Crippen molar-refractivity contribution in [1.82, 2.24) is 64.9 Å². The van der Waals surface area contributed by atoms with Crippen LogP contribution in [-0.2, 0) is 21.3 Å². The monoisotopic (exact) mass is 919 g/mol. The van der Waals surface area contributed by atoms with Crippen molar-refractivity contribution in [2.45, 2.75) is 45.5 Å². The van der Waals surface area contributed by atoms with Gasteiger partial charge in [-0.3, -0.25) is 19.6 Å². The van der Waals surface area contributed by atoms with Crippen molar-refractivity contribution < 1.29 is 28.5 Å². The number of nitrogens with one attached hydrogen (secondary N) is 1. The number of hydrogen-bond acceptors (Lipinski definition) is 17. The van der Waals surface area contributed by atoms with Crippen LogP contribution in [0.2, 0.25) is 15.5 Å². The van der Waals surface area contributed by atoms with Crippen LogP contribution >= 0.6 is 34.8 Å². The molecule has 19 nitrogen and oxygen atoms in total. The lowest BCUT2D eigenvalue weighted by atomic mass is 10.1. The summed E-state index contributed by atoms with van der Waals surface area (Å²) in [4.78, 5) is 51.8. The van der Waals surface area contributed by atoms with Gasteiger partial charge in [0.25, 0.3) is 0 Å². The molecule has 63 heavy (non-hydrogen) atoms. The van der Waals surface area contributed by atoms with Gasteiger partial charge < -0.3 is 33.9 Å². The largest absolute Gasteiger partial charge is 0.473 e. The van der Waals surface area contributed by atoms with E-state index in [-0.39, 0.29) is 35.2 Å². The molecular formula is C41H44Cl3N13O6. The van der Waals surface area contributed by atoms with Crippen LogP contribution in [0.3, 0.4) is 0 Å². The smallest absolute Gasteiger partial charge is 0.410 e. The molecular weight excluding hydrogens is 877 g/mol. The molecule has 7 aromatic rings. The highest BCUT2D eigenvalue weighted by Gasteiger charge is 2.29. The van der Waals surface area contributed by atoms with E-state index in [1.165, 1.54) is 0 Å². The van der Waals surface area contributed by atoms with Gasteiger partial charge in [-0.2, -0.15) is 10.1 Å². The van der Waals surface area contributed by atoms with Crippen LogP contribution in [0.1, 0.15) is 26.5 Å². The summed E-state index contributed by atoms with van der Waals surface area (Å²) in [6, 6.07) is 5.16. The molecule has 330 valence electrons. The summed E-state index contributed by atoms with van der Waals surface area (Å²) in [5.41, 5.74) is 5.97. The standard InChI is InChI=1S/C17H21ClN4O4.C17H20N6O2.C7H3Cl2N3/c1-17(2,3)26-16(23)22-6-7-24-11(9-22)10-25-15-14-12(8-13(18)21-15)19-4-5-20-14;1-11-13(9-21-23(11)2)14-7-15-16(20-4-3-19-15)17(22-14)25-10-12-8-18-5-6-24-12;8-5-3-4-6(7(9)12-5)11-2-1-10-4/h4-5,8,11H,6-7,9-10H2,1-3H3;3-4,7,9,12,18H,5-6,8,10H2,1-2H3;1-3H/t11-;12-;/m00./s1. The van der Waals surface area contributed by atoms with Crippen molar-refractivity contribution in [3.8, 4) is 23.0 Å². The predicted molar refractivity (Wildman–Crippen MR) is 235 cm³/mol. The average Bonchev–Trinajstić information content (AvgIpc) is 3.61. The summed E-state index contributed by atoms with van der Waals surface area (Å²) in [7, 11) is 1.91. The minimum atomic E-state index is -0.538. The molecule has 2 atom stereocenters. The first kappa shape index (κ1) is 45.3. The quantitative estimate of drug-likeness (QED) is 0.178. The summed E-state index contributed by atoms with van der Waals surface area (Å²) in [6.07, 6.45) is 10.7. The van der Waals surface area contributed by atoms with Gasteiger partial charge in [0.1, 0.15) is 46.8 Å². The Morgan fingerprint density at radius 2 is 1.35 bits per heavy atom. The molecule has 0 aliphatic carbocycles. The highest BCUT2D eigenvalue weighted by atomic mass is 35.5. The van der Waals surface area contributed by atoms with Crippen LogP contribution in [0.15, 0.2) is 61.6 Å². The molecule has 0 unspecified atom stereocenters. The zero-order valence-corrected chi connectivity index (χ0v) is 37.3. The second-order valence-electron chi connectivity index (χ2n) is 15.1. The molecule has 0 radical (unpaired) electrons. The van der Waals surface area contributed by atoms with Gasteiger partial charge in [-0.15, -0.1) is 0 Å². The Bertz CT molecular complexity index is 2680. The first-order valence-corrected chi connectivity index (χ1v) is 20.9. The number of carbonyl (C=O) groups is 1. The fraction of sp³-hybridized carbons (Fsp3) is 0.390. The van der Waals surface area contributed by atoms with Crippen LogP contribution in [0.5, 0.6) is 11.8 Å². The SMILES string of the molecule is CC(C)(C)OC(=O)N1CCO[C@H](COc2nc(Cl)cc3nccnc23)C1.Cc1c(-c2cc3nccnc3c(OC[C@@H]3CNCCO3)n2)cnn1C.Clc1cc2nccnc2c(Cl)n1. The number of nitrogens with zero attached hydrogens (tertiary/aromatic N) is 12. The number of amides is 1. The van der Waals surface area contributed by atoms with Crippen LogP contribution in [0.25, 0.3) is 44.4 Å². The average molecular weight is 921 g/mol. The Kier molecular flexibility index (Phi) is 14.9. The van der Waals surface area contributed by atoms with Crippen molar-refractivity contribution in [2.75, 3.05) is 52.6 Å². The fourth-order valence-corrected chi connectivity index (χ4v) is 6.88. The summed E-state index contributed by atoms with van der Waals surface area (Å²) < 4.78 is 30.3. The molecule has 0 bridgehead atoms. The minimum absolute atomic E-state index is 0.00561. The van der Waals surface area contributed by atoms with Crippen molar-refractivity contribution in [1.29, 1.82) is 0 Å². The van der Waals surface area contributed by atoms with Gasteiger partial charge >= 0.3 is 6.09 Å². The summed E-state index contributed by atoms with van der Waals surface area (Å²) in [5.74, 6) is 0.761. The van der Waals surface area contributed by atoms with Crippen LogP contribution < -0.4 is 14.8 Å². The molecule has 0 aromatic carbocycles. The van der Waals surface area contributed by atoms with E-state index >= 15 is 0 Å². The lowest BCUT2D eigenvalue weighted by Gasteiger charge is -2.34. The van der Waals surface area contributed by atoms with Gasteiger partial charge in [0.05, 0.1) is 48.2 Å². The Labute approximate surface area is 376 Å². The number of halogens is 3. The molecule has 7 aromatic heterocycles.